The Morgan fingerprint density at radius 3 is 2.50 bits per heavy atom. The molecular weight excluding hydrogens is 302 g/mol. The van der Waals surface area contributed by atoms with Gasteiger partial charge in [0, 0.05) is 19.1 Å². The van der Waals surface area contributed by atoms with Crippen LogP contribution in [0.5, 0.6) is 0 Å². The van der Waals surface area contributed by atoms with Crippen molar-refractivity contribution in [2.75, 3.05) is 13.1 Å². The predicted molar refractivity (Wildman–Crippen MR) is 96.7 cm³/mol. The summed E-state index contributed by atoms with van der Waals surface area (Å²) < 4.78 is 0. The molecule has 0 atom stereocenters. The number of hydrogen-bond acceptors (Lipinski definition) is 3. The van der Waals surface area contributed by atoms with Crippen LogP contribution in [0.2, 0.25) is 0 Å². The summed E-state index contributed by atoms with van der Waals surface area (Å²) in [7, 11) is 0. The molecule has 134 valence electrons. The molecule has 5 heteroatoms. The van der Waals surface area contributed by atoms with Crippen molar-refractivity contribution in [1.29, 1.82) is 0 Å². The Bertz CT molecular complexity index is 509. The van der Waals surface area contributed by atoms with Crippen LogP contribution in [0.1, 0.15) is 50.7 Å². The monoisotopic (exact) mass is 333 g/mol. The fourth-order valence-electron chi connectivity index (χ4n) is 3.18. The second kappa shape index (κ2) is 9.64. The van der Waals surface area contributed by atoms with E-state index in [1.165, 1.54) is 5.56 Å². The maximum absolute atomic E-state index is 12.0. The first kappa shape index (κ1) is 18.7. The van der Waals surface area contributed by atoms with Gasteiger partial charge in [0.15, 0.2) is 0 Å². The van der Waals surface area contributed by atoms with Crippen LogP contribution in [0.15, 0.2) is 24.3 Å². The highest BCUT2D eigenvalue weighted by Gasteiger charge is 2.20. The van der Waals surface area contributed by atoms with Gasteiger partial charge >= 0.3 is 6.03 Å². The lowest BCUT2D eigenvalue weighted by molar-refractivity contribution is 0.117. The molecule has 2 amide bonds. The molecule has 0 aromatic heterocycles. The van der Waals surface area contributed by atoms with Crippen LogP contribution in [-0.2, 0) is 13.1 Å². The molecule has 2 rings (SSSR count). The molecular formula is C19H31N3O2. The van der Waals surface area contributed by atoms with Crippen LogP contribution in [0.4, 0.5) is 4.79 Å². The minimum absolute atomic E-state index is 0.120. The van der Waals surface area contributed by atoms with Gasteiger partial charge in [0.05, 0.1) is 6.10 Å². The van der Waals surface area contributed by atoms with Gasteiger partial charge in [-0.05, 0) is 49.9 Å². The van der Waals surface area contributed by atoms with Crippen LogP contribution in [-0.4, -0.2) is 41.3 Å². The highest BCUT2D eigenvalue weighted by Crippen LogP contribution is 2.18. The summed E-state index contributed by atoms with van der Waals surface area (Å²) >= 11 is 0. The number of carbonyl (C=O) groups excluding carboxylic acids is 1. The van der Waals surface area contributed by atoms with Crippen molar-refractivity contribution in [2.24, 2.45) is 0 Å². The first-order valence-electron chi connectivity index (χ1n) is 9.13. The second-order valence-electron chi connectivity index (χ2n) is 6.61. The maximum atomic E-state index is 12.0. The van der Waals surface area contributed by atoms with Crippen LogP contribution in [0.25, 0.3) is 0 Å². The third kappa shape index (κ3) is 6.13. The number of urea groups is 1. The van der Waals surface area contributed by atoms with Crippen molar-refractivity contribution in [1.82, 2.24) is 15.5 Å². The third-order valence-electron chi connectivity index (χ3n) is 4.78. The van der Waals surface area contributed by atoms with Gasteiger partial charge in [-0.25, -0.2) is 4.79 Å². The molecule has 0 spiro atoms. The molecule has 1 saturated carbocycles. The Kier molecular flexibility index (Phi) is 7.53. The lowest BCUT2D eigenvalue weighted by Gasteiger charge is -2.26. The molecule has 3 N–H and O–H groups in total. The van der Waals surface area contributed by atoms with Crippen molar-refractivity contribution < 1.29 is 9.90 Å². The van der Waals surface area contributed by atoms with Gasteiger partial charge in [-0.1, -0.05) is 38.1 Å². The average molecular weight is 333 g/mol. The van der Waals surface area contributed by atoms with Crippen molar-refractivity contribution >= 4 is 6.03 Å². The van der Waals surface area contributed by atoms with E-state index in [0.29, 0.717) is 6.54 Å². The average Bonchev–Trinajstić information content (AvgIpc) is 2.60. The van der Waals surface area contributed by atoms with E-state index in [4.69, 9.17) is 0 Å². The van der Waals surface area contributed by atoms with Gasteiger partial charge in [-0.3, -0.25) is 4.90 Å². The third-order valence-corrected chi connectivity index (χ3v) is 4.78. The first-order chi connectivity index (χ1) is 11.6. The van der Waals surface area contributed by atoms with Gasteiger partial charge in [0.2, 0.25) is 0 Å². The van der Waals surface area contributed by atoms with Crippen molar-refractivity contribution in [2.45, 2.75) is 64.8 Å². The fourth-order valence-corrected chi connectivity index (χ4v) is 3.18. The number of carbonyl (C=O) groups is 1. The topological polar surface area (TPSA) is 64.6 Å². The van der Waals surface area contributed by atoms with Crippen LogP contribution in [0.3, 0.4) is 0 Å². The van der Waals surface area contributed by atoms with E-state index in [-0.39, 0.29) is 18.2 Å². The lowest BCUT2D eigenvalue weighted by atomic mass is 9.93. The molecule has 1 aromatic carbocycles. The summed E-state index contributed by atoms with van der Waals surface area (Å²) in [4.78, 5) is 14.4. The Labute approximate surface area is 145 Å². The number of aliphatic hydroxyl groups excluding tert-OH is 1. The van der Waals surface area contributed by atoms with Crippen molar-refractivity contribution in [3.05, 3.63) is 35.4 Å². The molecule has 5 nitrogen and oxygen atoms in total. The van der Waals surface area contributed by atoms with E-state index in [2.05, 4.69) is 47.6 Å². The summed E-state index contributed by atoms with van der Waals surface area (Å²) in [5.74, 6) is 0. The van der Waals surface area contributed by atoms with Crippen LogP contribution < -0.4 is 10.6 Å². The number of amides is 2. The highest BCUT2D eigenvalue weighted by molar-refractivity contribution is 5.74. The summed E-state index contributed by atoms with van der Waals surface area (Å²) in [6.07, 6.45) is 3.07. The quantitative estimate of drug-likeness (QED) is 0.719. The molecule has 0 bridgehead atoms. The van der Waals surface area contributed by atoms with E-state index in [0.717, 1.165) is 50.9 Å². The molecule has 1 aromatic rings. The van der Waals surface area contributed by atoms with E-state index >= 15 is 0 Å². The van der Waals surface area contributed by atoms with Gasteiger partial charge in [-0.15, -0.1) is 0 Å². The SMILES string of the molecule is CCN(CC)Cc1cccc(CNC(=O)NC2CCC(O)CC2)c1. The zero-order chi connectivity index (χ0) is 17.4. The number of aliphatic hydroxyl groups is 1. The lowest BCUT2D eigenvalue weighted by Crippen LogP contribution is -2.43. The highest BCUT2D eigenvalue weighted by atomic mass is 16.3. The first-order valence-corrected chi connectivity index (χ1v) is 9.13. The molecule has 1 aliphatic carbocycles. The van der Waals surface area contributed by atoms with Gasteiger partial charge < -0.3 is 15.7 Å². The Morgan fingerprint density at radius 1 is 1.17 bits per heavy atom. The fraction of sp³-hybridized carbons (Fsp3) is 0.632. The normalized spacial score (nSPS) is 20.8. The largest absolute Gasteiger partial charge is 0.393 e. The van der Waals surface area contributed by atoms with Crippen LogP contribution in [0, 0.1) is 0 Å². The number of benzene rings is 1. The summed E-state index contributed by atoms with van der Waals surface area (Å²) in [6.45, 7) is 7.90. The molecule has 0 unspecified atom stereocenters. The minimum atomic E-state index is -0.195. The maximum Gasteiger partial charge on any atom is 0.315 e. The van der Waals surface area contributed by atoms with Crippen LogP contribution >= 0.6 is 0 Å². The molecule has 0 aliphatic heterocycles. The van der Waals surface area contributed by atoms with Gasteiger partial charge in [-0.2, -0.15) is 0 Å². The Hall–Kier alpha value is -1.59. The van der Waals surface area contributed by atoms with E-state index in [9.17, 15) is 9.90 Å². The van der Waals surface area contributed by atoms with E-state index in [1.807, 2.05) is 6.07 Å². The number of hydrogen-bond donors (Lipinski definition) is 3. The van der Waals surface area contributed by atoms with Gasteiger partial charge in [0.1, 0.15) is 0 Å². The van der Waals surface area contributed by atoms with Gasteiger partial charge in [0.25, 0.3) is 0 Å². The van der Waals surface area contributed by atoms with Crippen molar-refractivity contribution in [3.63, 3.8) is 0 Å². The summed E-state index contributed by atoms with van der Waals surface area (Å²) in [5.41, 5.74) is 2.40. The molecule has 24 heavy (non-hydrogen) atoms. The molecule has 0 heterocycles. The van der Waals surface area contributed by atoms with E-state index < -0.39 is 0 Å². The number of rotatable bonds is 7. The minimum Gasteiger partial charge on any atom is -0.393 e. The predicted octanol–water partition coefficient (Wildman–Crippen LogP) is 2.63. The smallest absolute Gasteiger partial charge is 0.315 e. The summed E-state index contributed by atoms with van der Waals surface area (Å²) in [6, 6.07) is 8.46. The zero-order valence-electron chi connectivity index (χ0n) is 14.9. The molecule has 1 aliphatic rings. The second-order valence-corrected chi connectivity index (χ2v) is 6.61. The standard InChI is InChI=1S/C19H31N3O2/c1-3-22(4-2)14-16-7-5-6-15(12-16)13-20-19(24)21-17-8-10-18(23)11-9-17/h5-7,12,17-18,23H,3-4,8-11,13-14H2,1-2H3,(H2,20,21,24). The Morgan fingerprint density at radius 2 is 1.83 bits per heavy atom. The molecule has 1 fully saturated rings. The number of nitrogens with zero attached hydrogens (tertiary/aromatic N) is 1. The van der Waals surface area contributed by atoms with E-state index in [1.54, 1.807) is 0 Å². The molecule has 0 saturated heterocycles. The van der Waals surface area contributed by atoms with Crippen molar-refractivity contribution in [3.8, 4) is 0 Å². The number of nitrogens with one attached hydrogen (secondary N) is 2. The zero-order valence-corrected chi connectivity index (χ0v) is 14.9. The molecule has 0 radical (unpaired) electrons. The summed E-state index contributed by atoms with van der Waals surface area (Å²) in [5, 5.41) is 15.5. The Balaban J connectivity index is 1.78.